The summed E-state index contributed by atoms with van der Waals surface area (Å²) in [6, 6.07) is 15.4. The minimum atomic E-state index is -0.631. The number of hydrogen-bond acceptors (Lipinski definition) is 5. The van der Waals surface area contributed by atoms with Gasteiger partial charge in [0.15, 0.2) is 12.4 Å². The summed E-state index contributed by atoms with van der Waals surface area (Å²) in [5.74, 6) is -1.70. The maximum atomic E-state index is 12.4. The van der Waals surface area contributed by atoms with E-state index in [0.717, 1.165) is 4.90 Å². The van der Waals surface area contributed by atoms with Gasteiger partial charge in [-0.1, -0.05) is 48.5 Å². The minimum Gasteiger partial charge on any atom is -0.457 e. The Hall–Kier alpha value is -3.28. The summed E-state index contributed by atoms with van der Waals surface area (Å²) in [5, 5.41) is 0. The molecule has 132 valence electrons. The van der Waals surface area contributed by atoms with Crippen LogP contribution in [-0.2, 0) is 20.7 Å². The predicted octanol–water partition coefficient (Wildman–Crippen LogP) is 2.03. The summed E-state index contributed by atoms with van der Waals surface area (Å²) in [6.07, 6.45) is -0.0226. The number of nitrogens with zero attached hydrogens (tertiary/aromatic N) is 1. The molecule has 0 N–H and O–H groups in total. The molecule has 1 aliphatic rings. The second kappa shape index (κ2) is 7.74. The van der Waals surface area contributed by atoms with Gasteiger partial charge in [-0.2, -0.15) is 0 Å². The molecule has 0 unspecified atom stereocenters. The van der Waals surface area contributed by atoms with E-state index in [4.69, 9.17) is 4.74 Å². The van der Waals surface area contributed by atoms with Gasteiger partial charge in [0.1, 0.15) is 0 Å². The molecule has 6 nitrogen and oxygen atoms in total. The third-order valence-corrected chi connectivity index (χ3v) is 4.14. The minimum absolute atomic E-state index is 0.0651. The molecule has 1 heterocycles. The van der Waals surface area contributed by atoms with E-state index >= 15 is 0 Å². The first-order valence-corrected chi connectivity index (χ1v) is 8.22. The van der Waals surface area contributed by atoms with Crippen molar-refractivity contribution in [3.63, 3.8) is 0 Å². The first-order chi connectivity index (χ1) is 12.6. The van der Waals surface area contributed by atoms with Crippen LogP contribution in [0.15, 0.2) is 54.6 Å². The highest BCUT2D eigenvalue weighted by Crippen LogP contribution is 2.19. The fourth-order valence-corrected chi connectivity index (χ4v) is 2.76. The predicted molar refractivity (Wildman–Crippen MR) is 92.5 cm³/mol. The molecule has 2 amide bonds. The molecule has 0 aliphatic carbocycles. The Bertz CT molecular complexity index is 860. The van der Waals surface area contributed by atoms with Crippen LogP contribution in [0.25, 0.3) is 0 Å². The van der Waals surface area contributed by atoms with E-state index in [1.165, 1.54) is 0 Å². The van der Waals surface area contributed by atoms with Gasteiger partial charge >= 0.3 is 5.97 Å². The van der Waals surface area contributed by atoms with Gasteiger partial charge in [0.05, 0.1) is 12.8 Å². The number of benzene rings is 2. The van der Waals surface area contributed by atoms with Crippen molar-refractivity contribution in [1.82, 2.24) is 4.90 Å². The lowest BCUT2D eigenvalue weighted by molar-refractivity contribution is -0.143. The maximum Gasteiger partial charge on any atom is 0.308 e. The van der Waals surface area contributed by atoms with Crippen molar-refractivity contribution in [2.75, 3.05) is 13.2 Å². The molecule has 3 rings (SSSR count). The van der Waals surface area contributed by atoms with Crippen LogP contribution in [0.1, 0.15) is 32.7 Å². The lowest BCUT2D eigenvalue weighted by Gasteiger charge is -2.26. The number of ketones is 1. The van der Waals surface area contributed by atoms with Crippen LogP contribution in [0.5, 0.6) is 0 Å². The number of imide groups is 1. The lowest BCUT2D eigenvalue weighted by Crippen LogP contribution is -2.43. The molecule has 0 radical (unpaired) electrons. The van der Waals surface area contributed by atoms with Crippen molar-refractivity contribution < 1.29 is 23.9 Å². The van der Waals surface area contributed by atoms with E-state index in [-0.39, 0.29) is 37.7 Å². The highest BCUT2D eigenvalue weighted by Gasteiger charge is 2.30. The Morgan fingerprint density at radius 3 is 2.42 bits per heavy atom. The third-order valence-electron chi connectivity index (χ3n) is 4.14. The zero-order valence-electron chi connectivity index (χ0n) is 14.0. The van der Waals surface area contributed by atoms with Crippen LogP contribution in [0, 0.1) is 0 Å². The van der Waals surface area contributed by atoms with Gasteiger partial charge in [0.25, 0.3) is 5.91 Å². The molecule has 26 heavy (non-hydrogen) atoms. The highest BCUT2D eigenvalue weighted by atomic mass is 16.5. The first-order valence-electron chi connectivity index (χ1n) is 8.22. The Balaban J connectivity index is 1.52. The van der Waals surface area contributed by atoms with Crippen LogP contribution in [-0.4, -0.2) is 41.6 Å². The summed E-state index contributed by atoms with van der Waals surface area (Å²) in [6.45, 7) is -0.433. The normalized spacial score (nSPS) is 13.3. The molecule has 0 bridgehead atoms. The molecule has 0 saturated heterocycles. The third kappa shape index (κ3) is 3.85. The van der Waals surface area contributed by atoms with Crippen LogP contribution < -0.4 is 0 Å². The molecular formula is C20H17NO5. The Morgan fingerprint density at radius 2 is 1.65 bits per heavy atom. The quantitative estimate of drug-likeness (QED) is 0.452. The number of carbonyl (C=O) groups is 4. The van der Waals surface area contributed by atoms with Gasteiger partial charge in [-0.05, 0) is 11.6 Å². The monoisotopic (exact) mass is 351 g/mol. The van der Waals surface area contributed by atoms with E-state index in [2.05, 4.69) is 0 Å². The first kappa shape index (κ1) is 17.5. The second-order valence-corrected chi connectivity index (χ2v) is 5.88. The maximum absolute atomic E-state index is 12.4. The van der Waals surface area contributed by atoms with Crippen LogP contribution in [0.2, 0.25) is 0 Å². The summed E-state index contributed by atoms with van der Waals surface area (Å²) in [4.78, 5) is 49.3. The summed E-state index contributed by atoms with van der Waals surface area (Å²) in [7, 11) is 0. The topological polar surface area (TPSA) is 80.8 Å². The number of hydrogen-bond donors (Lipinski definition) is 0. The zero-order valence-corrected chi connectivity index (χ0v) is 14.0. The van der Waals surface area contributed by atoms with Crippen LogP contribution in [0.3, 0.4) is 0 Å². The van der Waals surface area contributed by atoms with Gasteiger partial charge in [-0.25, -0.2) is 0 Å². The van der Waals surface area contributed by atoms with Crippen molar-refractivity contribution in [3.05, 3.63) is 71.3 Å². The SMILES string of the molecule is O=C(CCN1C(=O)Cc2ccccc2C1=O)OCC(=O)c1ccccc1. The molecule has 0 fully saturated rings. The van der Waals surface area contributed by atoms with Crippen molar-refractivity contribution in [2.45, 2.75) is 12.8 Å². The number of amides is 2. The van der Waals surface area contributed by atoms with Gasteiger partial charge in [0, 0.05) is 17.7 Å². The Morgan fingerprint density at radius 1 is 0.962 bits per heavy atom. The van der Waals surface area contributed by atoms with E-state index in [1.54, 1.807) is 54.6 Å². The molecule has 2 aromatic carbocycles. The zero-order chi connectivity index (χ0) is 18.5. The molecule has 0 aromatic heterocycles. The van der Waals surface area contributed by atoms with E-state index in [1.807, 2.05) is 0 Å². The highest BCUT2D eigenvalue weighted by molar-refractivity contribution is 6.09. The van der Waals surface area contributed by atoms with E-state index in [0.29, 0.717) is 16.7 Å². The molecule has 0 spiro atoms. The van der Waals surface area contributed by atoms with Gasteiger partial charge < -0.3 is 4.74 Å². The molecule has 2 aromatic rings. The van der Waals surface area contributed by atoms with Crippen molar-refractivity contribution in [2.24, 2.45) is 0 Å². The van der Waals surface area contributed by atoms with Gasteiger partial charge in [-0.15, -0.1) is 0 Å². The number of ether oxygens (including phenoxy) is 1. The number of rotatable bonds is 6. The Kier molecular flexibility index (Phi) is 5.22. The van der Waals surface area contributed by atoms with E-state index in [9.17, 15) is 19.2 Å². The smallest absolute Gasteiger partial charge is 0.308 e. The van der Waals surface area contributed by atoms with Crippen molar-refractivity contribution in [1.29, 1.82) is 0 Å². The fourth-order valence-electron chi connectivity index (χ4n) is 2.76. The van der Waals surface area contributed by atoms with Crippen molar-refractivity contribution >= 4 is 23.6 Å². The standard InChI is InChI=1S/C20H17NO5/c22-17(14-6-2-1-3-7-14)13-26-19(24)10-11-21-18(23)12-15-8-4-5-9-16(15)20(21)25/h1-9H,10-13H2. The number of esters is 1. The average Bonchev–Trinajstić information content (AvgIpc) is 2.66. The molecule has 0 saturated carbocycles. The van der Waals surface area contributed by atoms with E-state index < -0.39 is 11.9 Å². The van der Waals surface area contributed by atoms with Gasteiger partial charge in [-0.3, -0.25) is 24.1 Å². The lowest BCUT2D eigenvalue weighted by atomic mass is 9.98. The molecule has 0 atom stereocenters. The summed E-state index contributed by atoms with van der Waals surface area (Å²) >= 11 is 0. The largest absolute Gasteiger partial charge is 0.457 e. The second-order valence-electron chi connectivity index (χ2n) is 5.88. The Labute approximate surface area is 150 Å². The molecule has 1 aliphatic heterocycles. The summed E-state index contributed by atoms with van der Waals surface area (Å²) < 4.78 is 4.95. The summed E-state index contributed by atoms with van der Waals surface area (Å²) in [5.41, 5.74) is 1.62. The van der Waals surface area contributed by atoms with Crippen LogP contribution >= 0.6 is 0 Å². The van der Waals surface area contributed by atoms with Crippen LogP contribution in [0.4, 0.5) is 0 Å². The number of Topliss-reactive ketones (excluding diaryl/α,β-unsaturated/α-hetero) is 1. The number of carbonyl (C=O) groups excluding carboxylic acids is 4. The van der Waals surface area contributed by atoms with Gasteiger partial charge in [0.2, 0.25) is 5.91 Å². The average molecular weight is 351 g/mol. The van der Waals surface area contributed by atoms with Crippen molar-refractivity contribution in [3.8, 4) is 0 Å². The number of fused-ring (bicyclic) bond motifs is 1. The molecular weight excluding hydrogens is 334 g/mol. The molecule has 6 heteroatoms. The fraction of sp³-hybridized carbons (Fsp3) is 0.200.